The normalized spacial score (nSPS) is 16.5. The van der Waals surface area contributed by atoms with Crippen LogP contribution in [0.15, 0.2) is 0 Å². The number of hydrogen-bond donors (Lipinski definition) is 0. The smallest absolute Gasteiger partial charge is 0.230 e. The highest BCUT2D eigenvalue weighted by Crippen LogP contribution is 2.25. The minimum Gasteiger partial charge on any atom is -0.368 e. The van der Waals surface area contributed by atoms with Crippen LogP contribution in [-0.2, 0) is 4.74 Å². The number of hydrogen-bond acceptors (Lipinski definition) is 3. The SMILES string of the molecule is CC(C)C(C)OC(C[N+](=O)[O-])C(C)(C)C. The highest BCUT2D eigenvalue weighted by molar-refractivity contribution is 4.75. The maximum absolute atomic E-state index is 10.5. The van der Waals surface area contributed by atoms with Gasteiger partial charge in [0, 0.05) is 4.92 Å². The van der Waals surface area contributed by atoms with Crippen molar-refractivity contribution in [2.75, 3.05) is 6.54 Å². The standard InChI is InChI=1S/C11H23NO3/c1-8(2)9(3)15-10(7-12(13)14)11(4,5)6/h8-10H,7H2,1-6H3. The lowest BCUT2D eigenvalue weighted by atomic mass is 9.88. The molecule has 0 saturated heterocycles. The maximum Gasteiger partial charge on any atom is 0.230 e. The van der Waals surface area contributed by atoms with E-state index in [4.69, 9.17) is 4.74 Å². The zero-order valence-corrected chi connectivity index (χ0v) is 10.6. The monoisotopic (exact) mass is 217 g/mol. The van der Waals surface area contributed by atoms with Crippen LogP contribution >= 0.6 is 0 Å². The van der Waals surface area contributed by atoms with Crippen molar-refractivity contribution in [3.63, 3.8) is 0 Å². The molecule has 0 spiro atoms. The number of nitrogens with zero attached hydrogens (tertiary/aromatic N) is 1. The van der Waals surface area contributed by atoms with E-state index in [2.05, 4.69) is 13.8 Å². The molecule has 0 radical (unpaired) electrons. The van der Waals surface area contributed by atoms with Crippen LogP contribution in [0.2, 0.25) is 0 Å². The Hall–Kier alpha value is -0.640. The summed E-state index contributed by atoms with van der Waals surface area (Å²) >= 11 is 0. The zero-order chi connectivity index (χ0) is 12.2. The highest BCUT2D eigenvalue weighted by atomic mass is 16.6. The molecular weight excluding hydrogens is 194 g/mol. The van der Waals surface area contributed by atoms with Crippen molar-refractivity contribution < 1.29 is 9.66 Å². The van der Waals surface area contributed by atoms with Gasteiger partial charge in [0.1, 0.15) is 6.10 Å². The second-order valence-electron chi connectivity index (χ2n) is 5.46. The molecule has 4 heteroatoms. The minimum atomic E-state index is -0.329. The lowest BCUT2D eigenvalue weighted by molar-refractivity contribution is -0.496. The van der Waals surface area contributed by atoms with Crippen LogP contribution in [-0.4, -0.2) is 23.7 Å². The molecule has 0 heterocycles. The second-order valence-corrected chi connectivity index (χ2v) is 5.46. The lowest BCUT2D eigenvalue weighted by Crippen LogP contribution is -2.39. The lowest BCUT2D eigenvalue weighted by Gasteiger charge is -2.31. The fourth-order valence-corrected chi connectivity index (χ4v) is 1.07. The maximum atomic E-state index is 10.5. The van der Waals surface area contributed by atoms with Crippen LogP contribution in [0.1, 0.15) is 41.5 Å². The topological polar surface area (TPSA) is 52.4 Å². The van der Waals surface area contributed by atoms with Crippen molar-refractivity contribution in [1.82, 2.24) is 0 Å². The Morgan fingerprint density at radius 3 is 2.00 bits per heavy atom. The fourth-order valence-electron chi connectivity index (χ4n) is 1.07. The molecule has 90 valence electrons. The van der Waals surface area contributed by atoms with Crippen LogP contribution < -0.4 is 0 Å². The third kappa shape index (κ3) is 5.72. The molecular formula is C11H23NO3. The molecule has 15 heavy (non-hydrogen) atoms. The van der Waals surface area contributed by atoms with E-state index in [1.165, 1.54) is 0 Å². The minimum absolute atomic E-state index is 0.0502. The van der Waals surface area contributed by atoms with Crippen molar-refractivity contribution in [3.8, 4) is 0 Å². The van der Waals surface area contributed by atoms with Crippen LogP contribution in [0.5, 0.6) is 0 Å². The molecule has 0 aromatic carbocycles. The summed E-state index contributed by atoms with van der Waals surface area (Å²) in [7, 11) is 0. The third-order valence-electron chi connectivity index (χ3n) is 2.60. The molecule has 0 bridgehead atoms. The predicted molar refractivity (Wildman–Crippen MR) is 60.5 cm³/mol. The summed E-state index contributed by atoms with van der Waals surface area (Å²) in [6.45, 7) is 11.8. The van der Waals surface area contributed by atoms with Gasteiger partial charge in [0.25, 0.3) is 0 Å². The van der Waals surface area contributed by atoms with E-state index in [9.17, 15) is 10.1 Å². The Kier molecular flexibility index (Phi) is 5.21. The van der Waals surface area contributed by atoms with Crippen LogP contribution in [0.4, 0.5) is 0 Å². The molecule has 0 aliphatic heterocycles. The molecule has 4 nitrogen and oxygen atoms in total. The average molecular weight is 217 g/mol. The van der Waals surface area contributed by atoms with Gasteiger partial charge in [-0.1, -0.05) is 34.6 Å². The predicted octanol–water partition coefficient (Wildman–Crippen LogP) is 2.74. The summed E-state index contributed by atoms with van der Waals surface area (Å²) in [4.78, 5) is 10.2. The van der Waals surface area contributed by atoms with E-state index in [0.29, 0.717) is 5.92 Å². The number of ether oxygens (including phenoxy) is 1. The summed E-state index contributed by atoms with van der Waals surface area (Å²) in [5, 5.41) is 10.5. The van der Waals surface area contributed by atoms with Crippen LogP contribution in [0, 0.1) is 21.4 Å². The van der Waals surface area contributed by atoms with E-state index >= 15 is 0 Å². The first-order chi connectivity index (χ1) is 6.64. The van der Waals surface area contributed by atoms with Crippen molar-refractivity contribution in [2.45, 2.75) is 53.8 Å². The van der Waals surface area contributed by atoms with Gasteiger partial charge in [0.15, 0.2) is 0 Å². The zero-order valence-electron chi connectivity index (χ0n) is 10.6. The number of nitro groups is 1. The average Bonchev–Trinajstić information content (AvgIpc) is 2.00. The van der Waals surface area contributed by atoms with E-state index in [-0.39, 0.29) is 29.1 Å². The van der Waals surface area contributed by atoms with Gasteiger partial charge in [-0.15, -0.1) is 0 Å². The van der Waals surface area contributed by atoms with Gasteiger partial charge in [-0.3, -0.25) is 10.1 Å². The highest BCUT2D eigenvalue weighted by Gasteiger charge is 2.32. The Morgan fingerprint density at radius 1 is 1.27 bits per heavy atom. The molecule has 0 rings (SSSR count). The summed E-state index contributed by atoms with van der Waals surface area (Å²) in [5.41, 5.74) is -0.198. The molecule has 0 aliphatic carbocycles. The Balaban J connectivity index is 4.45. The van der Waals surface area contributed by atoms with Crippen molar-refractivity contribution in [2.24, 2.45) is 11.3 Å². The molecule has 0 aliphatic rings. The Morgan fingerprint density at radius 2 is 1.73 bits per heavy atom. The largest absolute Gasteiger partial charge is 0.368 e. The summed E-state index contributed by atoms with van der Waals surface area (Å²) in [6, 6.07) is 0. The molecule has 0 N–H and O–H groups in total. The fraction of sp³-hybridized carbons (Fsp3) is 1.00. The summed E-state index contributed by atoms with van der Waals surface area (Å²) in [6.07, 6.45) is -0.279. The van der Waals surface area contributed by atoms with Gasteiger partial charge in [0.05, 0.1) is 6.10 Å². The first-order valence-corrected chi connectivity index (χ1v) is 5.42. The van der Waals surface area contributed by atoms with E-state index in [1.807, 2.05) is 27.7 Å². The third-order valence-corrected chi connectivity index (χ3v) is 2.60. The molecule has 0 aromatic heterocycles. The van der Waals surface area contributed by atoms with E-state index in [0.717, 1.165) is 0 Å². The molecule has 0 saturated carbocycles. The van der Waals surface area contributed by atoms with Gasteiger partial charge in [-0.25, -0.2) is 0 Å². The quantitative estimate of drug-likeness (QED) is 0.525. The van der Waals surface area contributed by atoms with Crippen molar-refractivity contribution in [1.29, 1.82) is 0 Å². The first-order valence-electron chi connectivity index (χ1n) is 5.42. The molecule has 0 aromatic rings. The molecule has 0 fully saturated rings. The van der Waals surface area contributed by atoms with Gasteiger partial charge in [-0.2, -0.15) is 0 Å². The van der Waals surface area contributed by atoms with Gasteiger partial charge >= 0.3 is 0 Å². The van der Waals surface area contributed by atoms with Crippen molar-refractivity contribution >= 4 is 0 Å². The van der Waals surface area contributed by atoms with E-state index < -0.39 is 0 Å². The van der Waals surface area contributed by atoms with E-state index in [1.54, 1.807) is 0 Å². The molecule has 2 atom stereocenters. The molecule has 2 unspecified atom stereocenters. The Labute approximate surface area is 92.2 Å². The second kappa shape index (κ2) is 5.45. The van der Waals surface area contributed by atoms with Crippen molar-refractivity contribution in [3.05, 3.63) is 10.1 Å². The number of rotatable bonds is 5. The van der Waals surface area contributed by atoms with Gasteiger partial charge < -0.3 is 4.74 Å². The van der Waals surface area contributed by atoms with Gasteiger partial charge in [0.2, 0.25) is 6.54 Å². The summed E-state index contributed by atoms with van der Waals surface area (Å²) in [5.74, 6) is 0.376. The Bertz CT molecular complexity index is 208. The van der Waals surface area contributed by atoms with Crippen LogP contribution in [0.25, 0.3) is 0 Å². The summed E-state index contributed by atoms with van der Waals surface area (Å²) < 4.78 is 5.75. The van der Waals surface area contributed by atoms with Crippen LogP contribution in [0.3, 0.4) is 0 Å². The first kappa shape index (κ1) is 14.4. The molecule has 0 amide bonds. The van der Waals surface area contributed by atoms with Gasteiger partial charge in [-0.05, 0) is 18.3 Å².